The largest absolute Gasteiger partial charge is 0.455 e. The smallest absolute Gasteiger partial charge is 0.167 e. The van der Waals surface area contributed by atoms with Crippen molar-refractivity contribution in [2.24, 2.45) is 0 Å². The Bertz CT molecular complexity index is 1660. The van der Waals surface area contributed by atoms with Crippen molar-refractivity contribution in [2.75, 3.05) is 0 Å². The zero-order valence-electron chi connectivity index (χ0n) is 21.1. The summed E-state index contributed by atoms with van der Waals surface area (Å²) in [6, 6.07) is 32.1. The molecule has 1 aliphatic heterocycles. The third-order valence-corrected chi connectivity index (χ3v) is 6.58. The molecule has 38 heavy (non-hydrogen) atoms. The molecule has 2 heterocycles. The molecular formula is C34H25N3O. The van der Waals surface area contributed by atoms with Gasteiger partial charge in [-0.15, -0.1) is 0 Å². The maximum absolute atomic E-state index is 6.66. The first kappa shape index (κ1) is 23.3. The second-order valence-electron chi connectivity index (χ2n) is 9.06. The Labute approximate surface area is 222 Å². The van der Waals surface area contributed by atoms with Gasteiger partial charge in [0.2, 0.25) is 0 Å². The summed E-state index contributed by atoms with van der Waals surface area (Å²) in [5.41, 5.74) is 7.54. The van der Waals surface area contributed by atoms with Crippen LogP contribution in [0.1, 0.15) is 16.7 Å². The zero-order valence-corrected chi connectivity index (χ0v) is 21.1. The number of ether oxygens (including phenoxy) is 1. The number of rotatable bonds is 5. The first-order chi connectivity index (χ1) is 18.7. The number of allylic oxidation sites excluding steroid dienone is 4. The van der Waals surface area contributed by atoms with Crippen molar-refractivity contribution in [1.82, 2.24) is 15.0 Å². The van der Waals surface area contributed by atoms with Crippen LogP contribution in [0, 0.1) is 6.92 Å². The number of benzene rings is 4. The summed E-state index contributed by atoms with van der Waals surface area (Å²) in [6.07, 6.45) is 3.73. The minimum absolute atomic E-state index is 0.536. The lowest BCUT2D eigenvalue weighted by Crippen LogP contribution is -2.02. The van der Waals surface area contributed by atoms with Crippen LogP contribution in [0.2, 0.25) is 0 Å². The molecule has 0 bridgehead atoms. The lowest BCUT2D eigenvalue weighted by molar-refractivity contribution is 0.482. The van der Waals surface area contributed by atoms with E-state index in [1.54, 1.807) is 0 Å². The highest BCUT2D eigenvalue weighted by Gasteiger charge is 2.25. The van der Waals surface area contributed by atoms with Gasteiger partial charge in [-0.1, -0.05) is 110 Å². The molecule has 1 aliphatic rings. The highest BCUT2D eigenvalue weighted by Crippen LogP contribution is 2.47. The van der Waals surface area contributed by atoms with Crippen molar-refractivity contribution < 1.29 is 4.74 Å². The van der Waals surface area contributed by atoms with Crippen LogP contribution in [-0.2, 0) is 0 Å². The molecule has 0 N–H and O–H groups in total. The van der Waals surface area contributed by atoms with Crippen molar-refractivity contribution in [2.45, 2.75) is 6.92 Å². The molecule has 1 aromatic heterocycles. The molecule has 0 unspecified atom stereocenters. The van der Waals surface area contributed by atoms with Gasteiger partial charge >= 0.3 is 0 Å². The van der Waals surface area contributed by atoms with Crippen LogP contribution in [0.15, 0.2) is 122 Å². The molecule has 5 aromatic rings. The molecule has 0 saturated heterocycles. The lowest BCUT2D eigenvalue weighted by Gasteiger charge is -2.15. The van der Waals surface area contributed by atoms with E-state index in [1.165, 1.54) is 0 Å². The molecule has 0 aliphatic carbocycles. The minimum atomic E-state index is 0.536. The summed E-state index contributed by atoms with van der Waals surface area (Å²) in [5, 5.41) is 0. The van der Waals surface area contributed by atoms with Crippen molar-refractivity contribution in [3.63, 3.8) is 0 Å². The third-order valence-electron chi connectivity index (χ3n) is 6.58. The van der Waals surface area contributed by atoms with Crippen LogP contribution in [-0.4, -0.2) is 15.0 Å². The molecule has 4 nitrogen and oxygen atoms in total. The Morgan fingerprint density at radius 2 is 1.13 bits per heavy atom. The van der Waals surface area contributed by atoms with Crippen molar-refractivity contribution >= 4 is 11.1 Å². The van der Waals surface area contributed by atoms with Crippen LogP contribution in [0.5, 0.6) is 11.5 Å². The van der Waals surface area contributed by atoms with Gasteiger partial charge < -0.3 is 4.74 Å². The summed E-state index contributed by atoms with van der Waals surface area (Å²) in [5.74, 6) is 3.16. The van der Waals surface area contributed by atoms with Gasteiger partial charge in [-0.05, 0) is 36.3 Å². The molecule has 0 fully saturated rings. The third kappa shape index (κ3) is 4.12. The van der Waals surface area contributed by atoms with Crippen molar-refractivity contribution in [3.8, 4) is 45.7 Å². The normalized spacial score (nSPS) is 12.1. The van der Waals surface area contributed by atoms with E-state index in [1.807, 2.05) is 103 Å². The van der Waals surface area contributed by atoms with Crippen molar-refractivity contribution in [3.05, 3.63) is 139 Å². The fraction of sp³-hybridized carbons (Fsp3) is 0.0294. The predicted molar refractivity (Wildman–Crippen MR) is 155 cm³/mol. The van der Waals surface area contributed by atoms with E-state index in [9.17, 15) is 0 Å². The van der Waals surface area contributed by atoms with Gasteiger partial charge in [-0.3, -0.25) is 0 Å². The fourth-order valence-corrected chi connectivity index (χ4v) is 4.75. The Morgan fingerprint density at radius 3 is 1.74 bits per heavy atom. The SMILES string of the molecule is C=CC1=C(C=C)c2cccc(-c3nc(-c4ccccc4)nc(-c4ccccc4)n3)c2Oc2ccc(C)cc21. The Balaban J connectivity index is 1.63. The van der Waals surface area contributed by atoms with Gasteiger partial charge in [-0.2, -0.15) is 0 Å². The minimum Gasteiger partial charge on any atom is -0.455 e. The number of para-hydroxylation sites is 1. The van der Waals surface area contributed by atoms with E-state index >= 15 is 0 Å². The number of hydrogen-bond donors (Lipinski definition) is 0. The Hall–Kier alpha value is -5.09. The van der Waals surface area contributed by atoms with Crippen molar-refractivity contribution in [1.29, 1.82) is 0 Å². The van der Waals surface area contributed by atoms with Gasteiger partial charge in [0.25, 0.3) is 0 Å². The fourth-order valence-electron chi connectivity index (χ4n) is 4.75. The summed E-state index contributed by atoms with van der Waals surface area (Å²) in [4.78, 5) is 14.7. The highest BCUT2D eigenvalue weighted by molar-refractivity contribution is 6.04. The van der Waals surface area contributed by atoms with Gasteiger partial charge in [0.05, 0.1) is 5.56 Å². The standard InChI is InChI=1S/C34H25N3O/c1-4-25-26(5-2)29-21-22(3)19-20-30(29)38-31-27(25)17-12-18-28(31)34-36-32(23-13-8-6-9-14-23)35-33(37-34)24-15-10-7-11-16-24/h4-21H,1-2H2,3H3. The van der Waals surface area contributed by atoms with Gasteiger partial charge in [0, 0.05) is 22.3 Å². The summed E-state index contributed by atoms with van der Waals surface area (Å²) >= 11 is 0. The first-order valence-electron chi connectivity index (χ1n) is 12.4. The molecule has 0 radical (unpaired) electrons. The monoisotopic (exact) mass is 491 g/mol. The van der Waals surface area contributed by atoms with E-state index in [0.717, 1.165) is 50.3 Å². The molecule has 6 rings (SSSR count). The molecule has 182 valence electrons. The maximum Gasteiger partial charge on any atom is 0.167 e. The topological polar surface area (TPSA) is 47.9 Å². The van der Waals surface area contributed by atoms with Crippen LogP contribution >= 0.6 is 0 Å². The van der Waals surface area contributed by atoms with E-state index in [2.05, 4.69) is 26.1 Å². The van der Waals surface area contributed by atoms with Gasteiger partial charge in [0.15, 0.2) is 17.5 Å². The number of aryl methyl sites for hydroxylation is 1. The summed E-state index contributed by atoms with van der Waals surface area (Å²) in [6.45, 7) is 10.3. The maximum atomic E-state index is 6.66. The van der Waals surface area contributed by atoms with E-state index in [4.69, 9.17) is 19.7 Å². The van der Waals surface area contributed by atoms with E-state index in [0.29, 0.717) is 23.2 Å². The van der Waals surface area contributed by atoms with E-state index < -0.39 is 0 Å². The summed E-state index contributed by atoms with van der Waals surface area (Å²) in [7, 11) is 0. The second-order valence-corrected chi connectivity index (χ2v) is 9.06. The molecule has 0 spiro atoms. The van der Waals surface area contributed by atoms with Gasteiger partial charge in [-0.25, -0.2) is 15.0 Å². The molecule has 0 saturated carbocycles. The predicted octanol–water partition coefficient (Wildman–Crippen LogP) is 8.57. The Morgan fingerprint density at radius 1 is 0.579 bits per heavy atom. The van der Waals surface area contributed by atoms with Crippen LogP contribution in [0.25, 0.3) is 45.3 Å². The number of aromatic nitrogens is 3. The second kappa shape index (κ2) is 9.75. The quantitative estimate of drug-likeness (QED) is 0.247. The molecule has 0 atom stereocenters. The first-order valence-corrected chi connectivity index (χ1v) is 12.4. The summed E-state index contributed by atoms with van der Waals surface area (Å²) < 4.78 is 6.66. The number of fused-ring (bicyclic) bond motifs is 2. The molecule has 0 amide bonds. The Kier molecular flexibility index (Phi) is 5.98. The molecule has 4 aromatic carbocycles. The zero-order chi connectivity index (χ0) is 26.1. The number of hydrogen-bond acceptors (Lipinski definition) is 4. The van der Waals surface area contributed by atoms with Crippen LogP contribution < -0.4 is 4.74 Å². The number of nitrogens with zero attached hydrogens (tertiary/aromatic N) is 3. The molecule has 4 heteroatoms. The van der Waals surface area contributed by atoms with E-state index in [-0.39, 0.29) is 0 Å². The average molecular weight is 492 g/mol. The molecular weight excluding hydrogens is 466 g/mol. The highest BCUT2D eigenvalue weighted by atomic mass is 16.5. The van der Waals surface area contributed by atoms with Crippen LogP contribution in [0.3, 0.4) is 0 Å². The lowest BCUT2D eigenvalue weighted by atomic mass is 9.93. The van der Waals surface area contributed by atoms with Crippen LogP contribution in [0.4, 0.5) is 0 Å². The van der Waals surface area contributed by atoms with Gasteiger partial charge in [0.1, 0.15) is 11.5 Å². The average Bonchev–Trinajstić information content (AvgIpc) is 3.11.